The van der Waals surface area contributed by atoms with Gasteiger partial charge in [-0.15, -0.1) is 5.73 Å². The van der Waals surface area contributed by atoms with Crippen molar-refractivity contribution in [2.45, 2.75) is 32.3 Å². The molecular formula is C14H17ClO. The number of halogens is 1. The van der Waals surface area contributed by atoms with Crippen molar-refractivity contribution in [3.05, 3.63) is 52.7 Å². The number of rotatable bonds is 5. The Morgan fingerprint density at radius 2 is 2.19 bits per heavy atom. The molecule has 16 heavy (non-hydrogen) atoms. The third kappa shape index (κ3) is 3.24. The normalized spacial score (nSPS) is 11.9. The Morgan fingerprint density at radius 3 is 2.75 bits per heavy atom. The summed E-state index contributed by atoms with van der Waals surface area (Å²) >= 11 is 6.03. The van der Waals surface area contributed by atoms with Crippen LogP contribution in [0.1, 0.15) is 37.9 Å². The monoisotopic (exact) mass is 236 g/mol. The summed E-state index contributed by atoms with van der Waals surface area (Å²) in [5.74, 6) is 0. The molecule has 1 atom stereocenters. The largest absolute Gasteiger partial charge is 0.383 e. The van der Waals surface area contributed by atoms with Crippen molar-refractivity contribution in [2.24, 2.45) is 0 Å². The quantitative estimate of drug-likeness (QED) is 0.757. The van der Waals surface area contributed by atoms with E-state index in [1.165, 1.54) is 0 Å². The van der Waals surface area contributed by atoms with Crippen molar-refractivity contribution in [1.29, 1.82) is 0 Å². The van der Waals surface area contributed by atoms with Crippen molar-refractivity contribution in [1.82, 2.24) is 0 Å². The number of aliphatic hydroxyl groups excluding tert-OH is 1. The van der Waals surface area contributed by atoms with Crippen LogP contribution in [0.4, 0.5) is 0 Å². The molecule has 1 N–H and O–H groups in total. The molecule has 1 aromatic carbocycles. The van der Waals surface area contributed by atoms with E-state index >= 15 is 0 Å². The number of benzene rings is 1. The Kier molecular flexibility index (Phi) is 5.34. The van der Waals surface area contributed by atoms with Gasteiger partial charge in [-0.05, 0) is 18.9 Å². The zero-order valence-corrected chi connectivity index (χ0v) is 10.3. The van der Waals surface area contributed by atoms with E-state index < -0.39 is 6.10 Å². The molecular weight excluding hydrogens is 220 g/mol. The fraction of sp³-hybridized carbons (Fsp3) is 0.357. The third-order valence-electron chi connectivity index (χ3n) is 2.56. The van der Waals surface area contributed by atoms with Gasteiger partial charge in [-0.2, -0.15) is 0 Å². The van der Waals surface area contributed by atoms with Gasteiger partial charge in [0.05, 0.1) is 0 Å². The molecule has 0 aliphatic heterocycles. The van der Waals surface area contributed by atoms with E-state index in [0.717, 1.165) is 30.4 Å². The Morgan fingerprint density at radius 1 is 1.50 bits per heavy atom. The number of hydrogen-bond acceptors (Lipinski definition) is 1. The van der Waals surface area contributed by atoms with Crippen LogP contribution in [0.5, 0.6) is 0 Å². The SMILES string of the molecule is C=C=C(CCCC)C(O)c1ccccc1Cl. The first-order chi connectivity index (χ1) is 7.70. The highest BCUT2D eigenvalue weighted by Gasteiger charge is 2.15. The maximum atomic E-state index is 10.2. The van der Waals surface area contributed by atoms with Crippen LogP contribution in [0.2, 0.25) is 5.02 Å². The Hall–Kier alpha value is -1.01. The molecule has 1 nitrogen and oxygen atoms in total. The maximum absolute atomic E-state index is 10.2. The molecule has 0 saturated carbocycles. The van der Waals surface area contributed by atoms with Gasteiger partial charge in [-0.1, -0.05) is 49.7 Å². The minimum atomic E-state index is -0.683. The Balaban J connectivity index is 2.88. The van der Waals surface area contributed by atoms with Crippen molar-refractivity contribution in [3.8, 4) is 0 Å². The van der Waals surface area contributed by atoms with Crippen LogP contribution < -0.4 is 0 Å². The van der Waals surface area contributed by atoms with E-state index in [1.54, 1.807) is 6.07 Å². The molecule has 1 rings (SSSR count). The molecule has 0 amide bonds. The van der Waals surface area contributed by atoms with Crippen LogP contribution in [0.3, 0.4) is 0 Å². The summed E-state index contributed by atoms with van der Waals surface area (Å²) in [6, 6.07) is 7.32. The highest BCUT2D eigenvalue weighted by molar-refractivity contribution is 6.31. The molecule has 0 radical (unpaired) electrons. The second kappa shape index (κ2) is 6.55. The summed E-state index contributed by atoms with van der Waals surface area (Å²) in [7, 11) is 0. The molecule has 0 heterocycles. The van der Waals surface area contributed by atoms with Crippen molar-refractivity contribution in [2.75, 3.05) is 0 Å². The zero-order valence-electron chi connectivity index (χ0n) is 9.54. The molecule has 0 saturated heterocycles. The lowest BCUT2D eigenvalue weighted by Crippen LogP contribution is -2.01. The smallest absolute Gasteiger partial charge is 0.109 e. The van der Waals surface area contributed by atoms with Crippen molar-refractivity contribution < 1.29 is 5.11 Å². The van der Waals surface area contributed by atoms with E-state index in [4.69, 9.17) is 11.6 Å². The lowest BCUT2D eigenvalue weighted by atomic mass is 9.98. The first kappa shape index (κ1) is 13.1. The van der Waals surface area contributed by atoms with Gasteiger partial charge in [-0.3, -0.25) is 0 Å². The van der Waals surface area contributed by atoms with Gasteiger partial charge in [0.25, 0.3) is 0 Å². The fourth-order valence-electron chi connectivity index (χ4n) is 1.57. The number of aliphatic hydroxyl groups is 1. The van der Waals surface area contributed by atoms with Crippen LogP contribution in [-0.4, -0.2) is 5.11 Å². The second-order valence-corrected chi connectivity index (χ2v) is 4.14. The standard InChI is InChI=1S/C14H17ClO/c1-3-5-8-11(4-2)14(16)12-9-6-7-10-13(12)15/h6-7,9-10,14,16H,2-3,5,8H2,1H3. The van der Waals surface area contributed by atoms with Crippen LogP contribution in [0.15, 0.2) is 42.1 Å². The van der Waals surface area contributed by atoms with E-state index in [-0.39, 0.29) is 0 Å². The van der Waals surface area contributed by atoms with E-state index in [2.05, 4.69) is 19.2 Å². The zero-order chi connectivity index (χ0) is 12.0. The predicted octanol–water partition coefficient (Wildman–Crippen LogP) is 4.27. The first-order valence-electron chi connectivity index (χ1n) is 5.52. The molecule has 0 aliphatic rings. The third-order valence-corrected chi connectivity index (χ3v) is 2.90. The molecule has 0 fully saturated rings. The molecule has 2 heteroatoms. The predicted molar refractivity (Wildman–Crippen MR) is 68.6 cm³/mol. The summed E-state index contributed by atoms with van der Waals surface area (Å²) < 4.78 is 0. The molecule has 0 bridgehead atoms. The number of hydrogen-bond donors (Lipinski definition) is 1. The summed E-state index contributed by atoms with van der Waals surface area (Å²) in [5.41, 5.74) is 4.36. The lowest BCUT2D eigenvalue weighted by molar-refractivity contribution is 0.211. The minimum Gasteiger partial charge on any atom is -0.383 e. The van der Waals surface area contributed by atoms with Crippen molar-refractivity contribution in [3.63, 3.8) is 0 Å². The van der Waals surface area contributed by atoms with E-state index in [0.29, 0.717) is 5.02 Å². The topological polar surface area (TPSA) is 20.2 Å². The molecule has 1 aromatic rings. The second-order valence-electron chi connectivity index (χ2n) is 3.73. The fourth-order valence-corrected chi connectivity index (χ4v) is 1.81. The summed E-state index contributed by atoms with van der Waals surface area (Å²) in [5, 5.41) is 10.7. The molecule has 0 aliphatic carbocycles. The highest BCUT2D eigenvalue weighted by atomic mass is 35.5. The average Bonchev–Trinajstić information content (AvgIpc) is 2.30. The Bertz CT molecular complexity index is 391. The summed E-state index contributed by atoms with van der Waals surface area (Å²) in [6.07, 6.45) is 2.24. The van der Waals surface area contributed by atoms with Crippen LogP contribution in [-0.2, 0) is 0 Å². The molecule has 86 valence electrons. The number of unbranched alkanes of at least 4 members (excludes halogenated alkanes) is 1. The van der Waals surface area contributed by atoms with Crippen LogP contribution in [0.25, 0.3) is 0 Å². The average molecular weight is 237 g/mol. The van der Waals surface area contributed by atoms with E-state index in [9.17, 15) is 5.11 Å². The summed E-state index contributed by atoms with van der Waals surface area (Å²) in [4.78, 5) is 0. The molecule has 0 spiro atoms. The van der Waals surface area contributed by atoms with Gasteiger partial charge in [0.1, 0.15) is 6.10 Å². The lowest BCUT2D eigenvalue weighted by Gasteiger charge is -2.14. The minimum absolute atomic E-state index is 0.583. The van der Waals surface area contributed by atoms with E-state index in [1.807, 2.05) is 18.2 Å². The van der Waals surface area contributed by atoms with Gasteiger partial charge in [0.15, 0.2) is 0 Å². The Labute approximate surface area is 102 Å². The van der Waals surface area contributed by atoms with Gasteiger partial charge in [0, 0.05) is 16.2 Å². The maximum Gasteiger partial charge on any atom is 0.109 e. The van der Waals surface area contributed by atoms with Crippen LogP contribution in [0, 0.1) is 0 Å². The molecule has 0 aromatic heterocycles. The molecule has 1 unspecified atom stereocenters. The van der Waals surface area contributed by atoms with Gasteiger partial charge in [-0.25, -0.2) is 0 Å². The first-order valence-corrected chi connectivity index (χ1v) is 5.89. The van der Waals surface area contributed by atoms with Gasteiger partial charge < -0.3 is 5.11 Å². The highest BCUT2D eigenvalue weighted by Crippen LogP contribution is 2.29. The van der Waals surface area contributed by atoms with Gasteiger partial charge >= 0.3 is 0 Å². The van der Waals surface area contributed by atoms with Gasteiger partial charge in [0.2, 0.25) is 0 Å². The summed E-state index contributed by atoms with van der Waals surface area (Å²) in [6.45, 7) is 5.74. The van der Waals surface area contributed by atoms with Crippen LogP contribution >= 0.6 is 11.6 Å². The van der Waals surface area contributed by atoms with Crippen molar-refractivity contribution >= 4 is 11.6 Å².